The maximum atomic E-state index is 12.3. The van der Waals surface area contributed by atoms with Crippen molar-refractivity contribution >= 4 is 17.2 Å². The minimum Gasteiger partial charge on any atom is -0.350 e. The van der Waals surface area contributed by atoms with Crippen molar-refractivity contribution in [2.45, 2.75) is 6.42 Å². The molecule has 0 radical (unpaired) electrons. The summed E-state index contributed by atoms with van der Waals surface area (Å²) in [6, 6.07) is 13.8. The van der Waals surface area contributed by atoms with E-state index in [4.69, 9.17) is 0 Å². The van der Waals surface area contributed by atoms with Crippen molar-refractivity contribution in [3.63, 3.8) is 0 Å². The topological polar surface area (TPSA) is 46.9 Å². The maximum Gasteiger partial charge on any atom is 0.269 e. The summed E-state index contributed by atoms with van der Waals surface area (Å²) in [7, 11) is 0. The van der Waals surface area contributed by atoms with Crippen LogP contribution in [0.5, 0.6) is 0 Å². The molecule has 1 N–H and O–H groups in total. The van der Waals surface area contributed by atoms with Crippen LogP contribution in [0.25, 0.3) is 5.69 Å². The second kappa shape index (κ2) is 6.37. The highest BCUT2D eigenvalue weighted by Crippen LogP contribution is 2.11. The first-order chi connectivity index (χ1) is 10.3. The fourth-order valence-corrected chi connectivity index (χ4v) is 2.81. The number of carbonyl (C=O) groups excluding carboxylic acids is 1. The van der Waals surface area contributed by atoms with Crippen LogP contribution in [0.2, 0.25) is 0 Å². The molecule has 2 heterocycles. The lowest BCUT2D eigenvalue weighted by atomic mass is 10.3. The van der Waals surface area contributed by atoms with E-state index >= 15 is 0 Å². The van der Waals surface area contributed by atoms with E-state index in [1.807, 2.05) is 41.8 Å². The van der Waals surface area contributed by atoms with Crippen LogP contribution in [0.1, 0.15) is 15.4 Å². The number of carbonyl (C=O) groups is 1. The molecule has 0 saturated heterocycles. The van der Waals surface area contributed by atoms with Crippen LogP contribution in [-0.4, -0.2) is 22.0 Å². The Morgan fingerprint density at radius 3 is 2.81 bits per heavy atom. The van der Waals surface area contributed by atoms with E-state index in [9.17, 15) is 4.79 Å². The second-order valence-corrected chi connectivity index (χ2v) is 5.60. The number of imidazole rings is 1. The number of amides is 1. The quantitative estimate of drug-likeness (QED) is 0.787. The van der Waals surface area contributed by atoms with Gasteiger partial charge >= 0.3 is 0 Å². The summed E-state index contributed by atoms with van der Waals surface area (Å²) < 4.78 is 1.79. The molecule has 0 bridgehead atoms. The van der Waals surface area contributed by atoms with Crippen LogP contribution in [-0.2, 0) is 6.42 Å². The summed E-state index contributed by atoms with van der Waals surface area (Å²) in [6.07, 6.45) is 4.10. The van der Waals surface area contributed by atoms with Gasteiger partial charge in [-0.2, -0.15) is 0 Å². The van der Waals surface area contributed by atoms with Gasteiger partial charge in [0.25, 0.3) is 5.91 Å². The van der Waals surface area contributed by atoms with Crippen molar-refractivity contribution in [1.29, 1.82) is 0 Å². The number of thiophene rings is 1. The van der Waals surface area contributed by atoms with Crippen LogP contribution < -0.4 is 5.32 Å². The molecule has 0 aliphatic rings. The SMILES string of the molecule is O=C(NCCc1cccs1)c1cncn1-c1ccccc1. The molecule has 0 atom stereocenters. The molecular formula is C16H15N3OS. The monoisotopic (exact) mass is 297 g/mol. The molecule has 106 valence electrons. The molecule has 0 spiro atoms. The van der Waals surface area contributed by atoms with Crippen molar-refractivity contribution in [3.8, 4) is 5.69 Å². The van der Waals surface area contributed by atoms with Gasteiger partial charge in [-0.15, -0.1) is 11.3 Å². The van der Waals surface area contributed by atoms with Crippen molar-refractivity contribution < 1.29 is 4.79 Å². The molecule has 1 amide bonds. The summed E-state index contributed by atoms with van der Waals surface area (Å²) in [4.78, 5) is 17.6. The van der Waals surface area contributed by atoms with Gasteiger partial charge in [-0.05, 0) is 30.0 Å². The van der Waals surface area contributed by atoms with Crippen LogP contribution in [0, 0.1) is 0 Å². The van der Waals surface area contributed by atoms with Crippen molar-refractivity contribution in [1.82, 2.24) is 14.9 Å². The van der Waals surface area contributed by atoms with Gasteiger partial charge < -0.3 is 5.32 Å². The molecule has 0 unspecified atom stereocenters. The summed E-state index contributed by atoms with van der Waals surface area (Å²) in [5.41, 5.74) is 1.48. The van der Waals surface area contributed by atoms with Crippen LogP contribution in [0.4, 0.5) is 0 Å². The third-order valence-corrected chi connectivity index (χ3v) is 4.08. The zero-order valence-corrected chi connectivity index (χ0v) is 12.2. The first kappa shape index (κ1) is 13.6. The molecule has 3 rings (SSSR count). The maximum absolute atomic E-state index is 12.3. The minimum atomic E-state index is -0.104. The fourth-order valence-electron chi connectivity index (χ4n) is 2.10. The van der Waals surface area contributed by atoms with Crippen molar-refractivity contribution in [2.24, 2.45) is 0 Å². The van der Waals surface area contributed by atoms with Crippen LogP contribution in [0.15, 0.2) is 60.4 Å². The van der Waals surface area contributed by atoms with E-state index in [1.165, 1.54) is 4.88 Å². The zero-order chi connectivity index (χ0) is 14.5. The lowest BCUT2D eigenvalue weighted by Gasteiger charge is -2.08. The van der Waals surface area contributed by atoms with Crippen LogP contribution >= 0.6 is 11.3 Å². The largest absolute Gasteiger partial charge is 0.350 e. The lowest BCUT2D eigenvalue weighted by Crippen LogP contribution is -2.27. The Hall–Kier alpha value is -2.40. The average Bonchev–Trinajstić information content (AvgIpc) is 3.19. The van der Waals surface area contributed by atoms with E-state index in [0.29, 0.717) is 12.2 Å². The van der Waals surface area contributed by atoms with Gasteiger partial charge in [-0.25, -0.2) is 4.98 Å². The van der Waals surface area contributed by atoms with Gasteiger partial charge in [-0.3, -0.25) is 9.36 Å². The molecule has 1 aromatic carbocycles. The smallest absolute Gasteiger partial charge is 0.269 e. The fraction of sp³-hybridized carbons (Fsp3) is 0.125. The Kier molecular flexibility index (Phi) is 4.12. The number of nitrogens with one attached hydrogen (secondary N) is 1. The third-order valence-electron chi connectivity index (χ3n) is 3.14. The first-order valence-corrected chi connectivity index (χ1v) is 7.61. The van der Waals surface area contributed by atoms with E-state index < -0.39 is 0 Å². The molecule has 4 nitrogen and oxygen atoms in total. The van der Waals surface area contributed by atoms with Crippen molar-refractivity contribution in [2.75, 3.05) is 6.54 Å². The van der Waals surface area contributed by atoms with Gasteiger partial charge in [-0.1, -0.05) is 24.3 Å². The van der Waals surface area contributed by atoms with E-state index in [2.05, 4.69) is 16.4 Å². The lowest BCUT2D eigenvalue weighted by molar-refractivity contribution is 0.0947. The molecule has 0 saturated carbocycles. The van der Waals surface area contributed by atoms with E-state index in [1.54, 1.807) is 28.4 Å². The summed E-state index contributed by atoms with van der Waals surface area (Å²) in [5, 5.41) is 4.98. The number of rotatable bonds is 5. The predicted octanol–water partition coefficient (Wildman–Crippen LogP) is 2.91. The molecule has 2 aromatic heterocycles. The van der Waals surface area contributed by atoms with Gasteiger partial charge in [0.1, 0.15) is 5.69 Å². The Bertz CT molecular complexity index is 704. The number of hydrogen-bond donors (Lipinski definition) is 1. The molecule has 0 aliphatic heterocycles. The Balaban J connectivity index is 1.67. The average molecular weight is 297 g/mol. The first-order valence-electron chi connectivity index (χ1n) is 6.73. The summed E-state index contributed by atoms with van der Waals surface area (Å²) in [6.45, 7) is 0.624. The number of para-hydroxylation sites is 1. The normalized spacial score (nSPS) is 10.5. The molecular weight excluding hydrogens is 282 g/mol. The van der Waals surface area contributed by atoms with E-state index in [0.717, 1.165) is 12.1 Å². The zero-order valence-electron chi connectivity index (χ0n) is 11.4. The number of hydrogen-bond acceptors (Lipinski definition) is 3. The minimum absolute atomic E-state index is 0.104. The predicted molar refractivity (Wildman–Crippen MR) is 83.9 cm³/mol. The van der Waals surface area contributed by atoms with Gasteiger partial charge in [0.15, 0.2) is 0 Å². The van der Waals surface area contributed by atoms with Gasteiger partial charge in [0.2, 0.25) is 0 Å². The molecule has 0 aliphatic carbocycles. The standard InChI is InChI=1S/C16H15N3OS/c20-16(18-9-8-14-7-4-10-21-14)15-11-17-12-19(15)13-5-2-1-3-6-13/h1-7,10-12H,8-9H2,(H,18,20). The van der Waals surface area contributed by atoms with Gasteiger partial charge in [0.05, 0.1) is 12.5 Å². The number of aromatic nitrogens is 2. The van der Waals surface area contributed by atoms with E-state index in [-0.39, 0.29) is 5.91 Å². The highest BCUT2D eigenvalue weighted by Gasteiger charge is 2.12. The molecule has 5 heteroatoms. The molecule has 21 heavy (non-hydrogen) atoms. The third kappa shape index (κ3) is 3.20. The van der Waals surface area contributed by atoms with Crippen molar-refractivity contribution in [3.05, 3.63) is 70.9 Å². The second-order valence-electron chi connectivity index (χ2n) is 4.57. The van der Waals surface area contributed by atoms with Crippen LogP contribution in [0.3, 0.4) is 0 Å². The number of nitrogens with zero attached hydrogens (tertiary/aromatic N) is 2. The highest BCUT2D eigenvalue weighted by molar-refractivity contribution is 7.09. The molecule has 0 fully saturated rings. The Labute approximate surface area is 127 Å². The van der Waals surface area contributed by atoms with Gasteiger partial charge in [0, 0.05) is 17.1 Å². The highest BCUT2D eigenvalue weighted by atomic mass is 32.1. The molecule has 3 aromatic rings. The summed E-state index contributed by atoms with van der Waals surface area (Å²) in [5.74, 6) is -0.104. The summed E-state index contributed by atoms with van der Waals surface area (Å²) >= 11 is 1.70. The Morgan fingerprint density at radius 2 is 2.05 bits per heavy atom. The Morgan fingerprint density at radius 1 is 1.19 bits per heavy atom. The number of benzene rings is 1.